The monoisotopic (exact) mass is 272 g/mol. The molecular weight excluding hydrogens is 240 g/mol. The lowest BCUT2D eigenvalue weighted by Gasteiger charge is -2.42. The van der Waals surface area contributed by atoms with Crippen LogP contribution < -0.4 is 5.32 Å². The molecule has 1 rings (SSSR count). The highest BCUT2D eigenvalue weighted by atomic mass is 16.5. The van der Waals surface area contributed by atoms with Crippen molar-refractivity contribution < 1.29 is 9.47 Å². The van der Waals surface area contributed by atoms with E-state index in [-0.39, 0.29) is 0 Å². The molecular formula is C15H32N2O2. The molecule has 0 amide bonds. The van der Waals surface area contributed by atoms with Crippen LogP contribution in [0.5, 0.6) is 0 Å². The van der Waals surface area contributed by atoms with Gasteiger partial charge in [0.05, 0.1) is 13.2 Å². The molecule has 1 heterocycles. The first-order valence-electron chi connectivity index (χ1n) is 7.60. The Morgan fingerprint density at radius 1 is 1.21 bits per heavy atom. The van der Waals surface area contributed by atoms with Gasteiger partial charge in [-0.05, 0) is 44.7 Å². The van der Waals surface area contributed by atoms with Gasteiger partial charge >= 0.3 is 0 Å². The lowest BCUT2D eigenvalue weighted by atomic mass is 9.76. The van der Waals surface area contributed by atoms with Gasteiger partial charge in [0.25, 0.3) is 0 Å². The molecule has 0 saturated carbocycles. The Balaban J connectivity index is 2.61. The van der Waals surface area contributed by atoms with Gasteiger partial charge < -0.3 is 14.8 Å². The second kappa shape index (κ2) is 8.90. The average Bonchev–Trinajstić information content (AvgIpc) is 2.44. The van der Waals surface area contributed by atoms with E-state index in [0.717, 1.165) is 32.8 Å². The Kier molecular flexibility index (Phi) is 7.91. The third-order valence-corrected chi connectivity index (χ3v) is 4.57. The number of hydrogen-bond acceptors (Lipinski definition) is 4. The summed E-state index contributed by atoms with van der Waals surface area (Å²) in [6.45, 7) is 10.7. The van der Waals surface area contributed by atoms with Crippen LogP contribution in [-0.4, -0.2) is 64.6 Å². The Morgan fingerprint density at radius 3 is 2.42 bits per heavy atom. The van der Waals surface area contributed by atoms with E-state index >= 15 is 0 Å². The van der Waals surface area contributed by atoms with E-state index in [0.29, 0.717) is 11.5 Å². The molecule has 1 aliphatic heterocycles. The highest BCUT2D eigenvalue weighted by molar-refractivity contribution is 4.87. The SMILES string of the molecule is CCC1(CN(CCOC)C(C)COC)CCNCC1. The van der Waals surface area contributed by atoms with Crippen LogP contribution >= 0.6 is 0 Å². The molecule has 1 N–H and O–H groups in total. The Labute approximate surface area is 118 Å². The molecule has 4 heteroatoms. The summed E-state index contributed by atoms with van der Waals surface area (Å²) < 4.78 is 10.6. The van der Waals surface area contributed by atoms with Gasteiger partial charge in [-0.15, -0.1) is 0 Å². The van der Waals surface area contributed by atoms with E-state index in [1.807, 2.05) is 0 Å². The van der Waals surface area contributed by atoms with Crippen molar-refractivity contribution in [3.05, 3.63) is 0 Å². The summed E-state index contributed by atoms with van der Waals surface area (Å²) in [6, 6.07) is 0.457. The van der Waals surface area contributed by atoms with Gasteiger partial charge in [0.2, 0.25) is 0 Å². The fourth-order valence-electron chi connectivity index (χ4n) is 3.02. The minimum atomic E-state index is 0.457. The molecule has 0 aromatic carbocycles. The maximum absolute atomic E-state index is 5.33. The first-order valence-corrected chi connectivity index (χ1v) is 7.60. The minimum Gasteiger partial charge on any atom is -0.383 e. The van der Waals surface area contributed by atoms with Crippen molar-refractivity contribution in [1.29, 1.82) is 0 Å². The first kappa shape index (κ1) is 16.9. The lowest BCUT2D eigenvalue weighted by molar-refractivity contribution is 0.0304. The molecule has 19 heavy (non-hydrogen) atoms. The zero-order valence-corrected chi connectivity index (χ0v) is 13.2. The molecule has 1 unspecified atom stereocenters. The van der Waals surface area contributed by atoms with Crippen LogP contribution in [0.3, 0.4) is 0 Å². The van der Waals surface area contributed by atoms with E-state index < -0.39 is 0 Å². The normalized spacial score (nSPS) is 20.7. The topological polar surface area (TPSA) is 33.7 Å². The third-order valence-electron chi connectivity index (χ3n) is 4.57. The fourth-order valence-corrected chi connectivity index (χ4v) is 3.02. The second-order valence-corrected chi connectivity index (χ2v) is 5.87. The van der Waals surface area contributed by atoms with Crippen molar-refractivity contribution >= 4 is 0 Å². The Bertz CT molecular complexity index is 230. The summed E-state index contributed by atoms with van der Waals surface area (Å²) in [5.41, 5.74) is 0.473. The van der Waals surface area contributed by atoms with Crippen LogP contribution in [0.4, 0.5) is 0 Å². The number of piperidine rings is 1. The maximum atomic E-state index is 5.33. The van der Waals surface area contributed by atoms with Crippen molar-refractivity contribution in [1.82, 2.24) is 10.2 Å². The van der Waals surface area contributed by atoms with Crippen LogP contribution in [0.15, 0.2) is 0 Å². The van der Waals surface area contributed by atoms with E-state index in [1.165, 1.54) is 25.8 Å². The summed E-state index contributed by atoms with van der Waals surface area (Å²) in [7, 11) is 3.56. The smallest absolute Gasteiger partial charge is 0.0615 e. The van der Waals surface area contributed by atoms with Crippen molar-refractivity contribution in [3.8, 4) is 0 Å². The van der Waals surface area contributed by atoms with Crippen LogP contribution in [0.2, 0.25) is 0 Å². The van der Waals surface area contributed by atoms with Crippen molar-refractivity contribution in [2.75, 3.05) is 53.6 Å². The number of methoxy groups -OCH3 is 2. The van der Waals surface area contributed by atoms with Gasteiger partial charge in [0.15, 0.2) is 0 Å². The molecule has 0 aliphatic carbocycles. The predicted molar refractivity (Wildman–Crippen MR) is 79.6 cm³/mol. The van der Waals surface area contributed by atoms with Crippen molar-refractivity contribution in [3.63, 3.8) is 0 Å². The zero-order chi connectivity index (χ0) is 14.1. The van der Waals surface area contributed by atoms with E-state index in [4.69, 9.17) is 9.47 Å². The molecule has 1 saturated heterocycles. The van der Waals surface area contributed by atoms with Crippen molar-refractivity contribution in [2.24, 2.45) is 5.41 Å². The van der Waals surface area contributed by atoms with Gasteiger partial charge in [-0.2, -0.15) is 0 Å². The van der Waals surface area contributed by atoms with Crippen LogP contribution in [0.25, 0.3) is 0 Å². The third kappa shape index (κ3) is 5.38. The van der Waals surface area contributed by atoms with E-state index in [9.17, 15) is 0 Å². The average molecular weight is 272 g/mol. The first-order chi connectivity index (χ1) is 9.17. The van der Waals surface area contributed by atoms with Crippen LogP contribution in [-0.2, 0) is 9.47 Å². The van der Waals surface area contributed by atoms with E-state index in [1.54, 1.807) is 14.2 Å². The van der Waals surface area contributed by atoms with Crippen molar-refractivity contribution in [2.45, 2.75) is 39.2 Å². The van der Waals surface area contributed by atoms with Gasteiger partial charge in [-0.1, -0.05) is 6.92 Å². The number of nitrogens with one attached hydrogen (secondary N) is 1. The molecule has 0 spiro atoms. The molecule has 0 bridgehead atoms. The van der Waals surface area contributed by atoms with Gasteiger partial charge in [-0.25, -0.2) is 0 Å². The zero-order valence-electron chi connectivity index (χ0n) is 13.2. The molecule has 1 aliphatic rings. The standard InChI is InChI=1S/C15H32N2O2/c1-5-15(6-8-16-9-7-15)13-17(10-11-18-3)14(2)12-19-4/h14,16H,5-13H2,1-4H3. The Hall–Kier alpha value is -0.160. The summed E-state index contributed by atoms with van der Waals surface area (Å²) >= 11 is 0. The molecule has 1 fully saturated rings. The van der Waals surface area contributed by atoms with Crippen LogP contribution in [0, 0.1) is 5.41 Å². The fraction of sp³-hybridized carbons (Fsp3) is 1.00. The summed E-state index contributed by atoms with van der Waals surface area (Å²) in [5, 5.41) is 3.48. The summed E-state index contributed by atoms with van der Waals surface area (Å²) in [6.07, 6.45) is 3.83. The quantitative estimate of drug-likeness (QED) is 0.693. The van der Waals surface area contributed by atoms with E-state index in [2.05, 4.69) is 24.1 Å². The highest BCUT2D eigenvalue weighted by Gasteiger charge is 2.33. The Morgan fingerprint density at radius 2 is 1.89 bits per heavy atom. The van der Waals surface area contributed by atoms with Gasteiger partial charge in [0.1, 0.15) is 0 Å². The predicted octanol–water partition coefficient (Wildman–Crippen LogP) is 1.75. The highest BCUT2D eigenvalue weighted by Crippen LogP contribution is 2.33. The lowest BCUT2D eigenvalue weighted by Crippen LogP contribution is -2.49. The van der Waals surface area contributed by atoms with Gasteiger partial charge in [-0.3, -0.25) is 4.90 Å². The maximum Gasteiger partial charge on any atom is 0.0615 e. The molecule has 0 aromatic heterocycles. The number of hydrogen-bond donors (Lipinski definition) is 1. The molecule has 0 aromatic rings. The summed E-state index contributed by atoms with van der Waals surface area (Å²) in [4.78, 5) is 2.54. The minimum absolute atomic E-state index is 0.457. The number of nitrogens with zero attached hydrogens (tertiary/aromatic N) is 1. The molecule has 0 radical (unpaired) electrons. The largest absolute Gasteiger partial charge is 0.383 e. The number of ether oxygens (including phenoxy) is 2. The summed E-state index contributed by atoms with van der Waals surface area (Å²) in [5.74, 6) is 0. The molecule has 1 atom stereocenters. The van der Waals surface area contributed by atoms with Gasteiger partial charge in [0, 0.05) is 33.4 Å². The number of rotatable bonds is 9. The molecule has 114 valence electrons. The van der Waals surface area contributed by atoms with Crippen LogP contribution in [0.1, 0.15) is 33.1 Å². The second-order valence-electron chi connectivity index (χ2n) is 5.87. The molecule has 4 nitrogen and oxygen atoms in total.